The molecule has 0 fully saturated rings. The summed E-state index contributed by atoms with van der Waals surface area (Å²) in [5.74, 6) is 0.614. The normalized spacial score (nSPS) is 9.74. The lowest BCUT2D eigenvalue weighted by atomic mass is 10.2. The molecule has 0 saturated carbocycles. The second kappa shape index (κ2) is 5.42. The second-order valence-electron chi connectivity index (χ2n) is 3.51. The maximum absolute atomic E-state index is 11.4. The van der Waals surface area contributed by atoms with Gasteiger partial charge in [0, 0.05) is 0 Å². The van der Waals surface area contributed by atoms with Gasteiger partial charge in [0.2, 0.25) is 0 Å². The van der Waals surface area contributed by atoms with E-state index in [1.807, 2.05) is 6.07 Å². The Balaban J connectivity index is 2.52. The first-order valence-corrected chi connectivity index (χ1v) is 5.62. The summed E-state index contributed by atoms with van der Waals surface area (Å²) in [5, 5.41) is 11.8. The molecule has 2 rings (SSSR count). The number of hydrogen-bond donors (Lipinski definition) is 2. The van der Waals surface area contributed by atoms with Crippen LogP contribution in [-0.2, 0) is 0 Å². The third-order valence-electron chi connectivity index (χ3n) is 2.41. The number of halogens is 1. The van der Waals surface area contributed by atoms with Gasteiger partial charge in [-0.3, -0.25) is 4.79 Å². The lowest BCUT2D eigenvalue weighted by molar-refractivity contribution is 0.416. The molecular weight excluding hydrogens is 268 g/mol. The number of hydrogen-bond acceptors (Lipinski definition) is 5. The molecule has 2 N–H and O–H groups in total. The molecule has 7 heteroatoms. The molecule has 0 bridgehead atoms. The van der Waals surface area contributed by atoms with E-state index in [2.05, 4.69) is 15.3 Å². The van der Waals surface area contributed by atoms with Crippen molar-refractivity contribution in [2.45, 2.75) is 0 Å². The van der Waals surface area contributed by atoms with E-state index in [1.165, 1.54) is 13.4 Å². The first-order valence-electron chi connectivity index (χ1n) is 5.24. The molecule has 0 unspecified atom stereocenters. The van der Waals surface area contributed by atoms with Gasteiger partial charge in [-0.05, 0) is 12.1 Å². The van der Waals surface area contributed by atoms with Crippen molar-refractivity contribution >= 4 is 23.1 Å². The molecular formula is C12H9ClN4O2. The van der Waals surface area contributed by atoms with E-state index >= 15 is 0 Å². The van der Waals surface area contributed by atoms with Gasteiger partial charge in [0.25, 0.3) is 5.56 Å². The fourth-order valence-electron chi connectivity index (χ4n) is 1.51. The summed E-state index contributed by atoms with van der Waals surface area (Å²) < 4.78 is 5.16. The van der Waals surface area contributed by atoms with Crippen molar-refractivity contribution < 1.29 is 4.74 Å². The van der Waals surface area contributed by atoms with Crippen molar-refractivity contribution in [1.82, 2.24) is 9.97 Å². The molecule has 0 atom stereocenters. The van der Waals surface area contributed by atoms with E-state index in [0.717, 1.165) is 0 Å². The van der Waals surface area contributed by atoms with E-state index in [4.69, 9.17) is 21.6 Å². The Bertz CT molecular complexity index is 706. The van der Waals surface area contributed by atoms with Gasteiger partial charge in [0.15, 0.2) is 5.82 Å². The number of methoxy groups -OCH3 is 1. The highest BCUT2D eigenvalue weighted by molar-refractivity contribution is 6.32. The Morgan fingerprint density at radius 3 is 3.00 bits per heavy atom. The molecule has 19 heavy (non-hydrogen) atoms. The van der Waals surface area contributed by atoms with Crippen molar-refractivity contribution in [3.8, 4) is 11.8 Å². The van der Waals surface area contributed by atoms with Crippen LogP contribution in [0.2, 0.25) is 5.02 Å². The van der Waals surface area contributed by atoms with E-state index in [0.29, 0.717) is 17.0 Å². The Hall–Kier alpha value is -2.52. The number of nitriles is 1. The van der Waals surface area contributed by atoms with Gasteiger partial charge in [-0.15, -0.1) is 0 Å². The predicted molar refractivity (Wildman–Crippen MR) is 70.9 cm³/mol. The Kier molecular flexibility index (Phi) is 3.68. The molecule has 1 aromatic carbocycles. The molecule has 0 amide bonds. The molecule has 0 spiro atoms. The zero-order chi connectivity index (χ0) is 13.8. The summed E-state index contributed by atoms with van der Waals surface area (Å²) >= 11 is 5.84. The van der Waals surface area contributed by atoms with Crippen molar-refractivity contribution in [2.24, 2.45) is 0 Å². The van der Waals surface area contributed by atoms with Crippen LogP contribution in [0.4, 0.5) is 11.5 Å². The van der Waals surface area contributed by atoms with Crippen LogP contribution in [0.25, 0.3) is 0 Å². The zero-order valence-corrected chi connectivity index (χ0v) is 10.7. The molecule has 6 nitrogen and oxygen atoms in total. The summed E-state index contributed by atoms with van der Waals surface area (Å²) in [5.41, 5.74) is 0.303. The summed E-state index contributed by atoms with van der Waals surface area (Å²) in [6, 6.07) is 7.02. The van der Waals surface area contributed by atoms with Gasteiger partial charge in [-0.2, -0.15) is 5.26 Å². The number of rotatable bonds is 3. The summed E-state index contributed by atoms with van der Waals surface area (Å²) in [4.78, 5) is 17.6. The number of ether oxygens (including phenoxy) is 1. The molecule has 0 aliphatic carbocycles. The van der Waals surface area contributed by atoms with Gasteiger partial charge in [0.1, 0.15) is 22.5 Å². The topological polar surface area (TPSA) is 90.8 Å². The van der Waals surface area contributed by atoms with Crippen LogP contribution in [-0.4, -0.2) is 17.1 Å². The number of nitrogens with zero attached hydrogens (tertiary/aromatic N) is 2. The van der Waals surface area contributed by atoms with E-state index in [9.17, 15) is 4.79 Å². The standard InChI is InChI=1S/C12H9ClN4O2/c1-19-8-4-2-3-7(5-14)10(8)17-11-9(13)12(18)16-6-15-11/h2-4,6H,1H3,(H2,15,16,17,18). The minimum absolute atomic E-state index is 0.0858. The van der Waals surface area contributed by atoms with Gasteiger partial charge >= 0.3 is 0 Å². The quantitative estimate of drug-likeness (QED) is 0.895. The van der Waals surface area contributed by atoms with E-state index < -0.39 is 5.56 Å². The average molecular weight is 277 g/mol. The Morgan fingerprint density at radius 2 is 2.32 bits per heavy atom. The van der Waals surface area contributed by atoms with Crippen LogP contribution >= 0.6 is 11.6 Å². The molecule has 0 aliphatic heterocycles. The molecule has 0 radical (unpaired) electrons. The van der Waals surface area contributed by atoms with Crippen LogP contribution in [0.3, 0.4) is 0 Å². The summed E-state index contributed by atoms with van der Waals surface area (Å²) in [6.07, 6.45) is 1.22. The van der Waals surface area contributed by atoms with Crippen LogP contribution in [0, 0.1) is 11.3 Å². The second-order valence-corrected chi connectivity index (χ2v) is 3.89. The van der Waals surface area contributed by atoms with Crippen LogP contribution < -0.4 is 15.6 Å². The highest BCUT2D eigenvalue weighted by atomic mass is 35.5. The van der Waals surface area contributed by atoms with E-state index in [-0.39, 0.29) is 10.8 Å². The number of anilines is 2. The minimum atomic E-state index is -0.465. The fourth-order valence-corrected chi connectivity index (χ4v) is 1.66. The van der Waals surface area contributed by atoms with Gasteiger partial charge in [-0.25, -0.2) is 4.98 Å². The number of aromatic amines is 1. The molecule has 1 heterocycles. The third kappa shape index (κ3) is 2.51. The number of benzene rings is 1. The maximum Gasteiger partial charge on any atom is 0.271 e. The Morgan fingerprint density at radius 1 is 1.53 bits per heavy atom. The van der Waals surface area contributed by atoms with Gasteiger partial charge in [0.05, 0.1) is 19.0 Å². The number of H-pyrrole nitrogens is 1. The van der Waals surface area contributed by atoms with Crippen molar-refractivity contribution in [3.63, 3.8) is 0 Å². The summed E-state index contributed by atoms with van der Waals surface area (Å²) in [6.45, 7) is 0. The van der Waals surface area contributed by atoms with Crippen LogP contribution in [0.5, 0.6) is 5.75 Å². The Labute approximate surface area is 113 Å². The molecule has 1 aromatic heterocycles. The minimum Gasteiger partial charge on any atom is -0.495 e. The smallest absolute Gasteiger partial charge is 0.271 e. The predicted octanol–water partition coefficient (Wildman–Crippen LogP) is 2.05. The van der Waals surface area contributed by atoms with Gasteiger partial charge in [-0.1, -0.05) is 17.7 Å². The first kappa shape index (κ1) is 12.9. The number of aromatic nitrogens is 2. The monoisotopic (exact) mass is 276 g/mol. The first-order chi connectivity index (χ1) is 9.17. The average Bonchev–Trinajstić information content (AvgIpc) is 2.44. The number of para-hydroxylation sites is 1. The zero-order valence-electron chi connectivity index (χ0n) is 9.90. The van der Waals surface area contributed by atoms with Gasteiger partial charge < -0.3 is 15.0 Å². The summed E-state index contributed by atoms with van der Waals surface area (Å²) in [7, 11) is 1.48. The lowest BCUT2D eigenvalue weighted by Crippen LogP contribution is -2.10. The molecule has 96 valence electrons. The largest absolute Gasteiger partial charge is 0.495 e. The van der Waals surface area contributed by atoms with Crippen molar-refractivity contribution in [3.05, 3.63) is 45.5 Å². The van der Waals surface area contributed by atoms with Crippen molar-refractivity contribution in [1.29, 1.82) is 5.26 Å². The lowest BCUT2D eigenvalue weighted by Gasteiger charge is -2.12. The highest BCUT2D eigenvalue weighted by Crippen LogP contribution is 2.31. The van der Waals surface area contributed by atoms with Crippen LogP contribution in [0.15, 0.2) is 29.3 Å². The molecule has 2 aromatic rings. The van der Waals surface area contributed by atoms with E-state index in [1.54, 1.807) is 18.2 Å². The SMILES string of the molecule is COc1cccc(C#N)c1Nc1nc[nH]c(=O)c1Cl. The third-order valence-corrected chi connectivity index (χ3v) is 2.76. The fraction of sp³-hybridized carbons (Fsp3) is 0.0833. The highest BCUT2D eigenvalue weighted by Gasteiger charge is 2.12. The van der Waals surface area contributed by atoms with Crippen LogP contribution in [0.1, 0.15) is 5.56 Å². The maximum atomic E-state index is 11.4. The number of nitrogens with one attached hydrogen (secondary N) is 2. The molecule has 0 saturated heterocycles. The van der Waals surface area contributed by atoms with Crippen molar-refractivity contribution in [2.75, 3.05) is 12.4 Å². The molecule has 0 aliphatic rings.